The van der Waals surface area contributed by atoms with E-state index in [-0.39, 0.29) is 12.0 Å². The third-order valence-corrected chi connectivity index (χ3v) is 2.26. The first-order valence-electron chi connectivity index (χ1n) is 4.48. The Morgan fingerprint density at radius 2 is 2.43 bits per heavy atom. The maximum atomic E-state index is 10.4. The van der Waals surface area contributed by atoms with E-state index >= 15 is 0 Å². The summed E-state index contributed by atoms with van der Waals surface area (Å²) in [6.07, 6.45) is 6.46. The number of carbonyl (C=O) groups excluding carboxylic acids is 1. The topological polar surface area (TPSA) is 38.3 Å². The molecule has 1 aliphatic rings. The predicted molar refractivity (Wildman–Crippen MR) is 55.5 cm³/mol. The lowest BCUT2D eigenvalue weighted by atomic mass is 9.89. The van der Waals surface area contributed by atoms with Crippen molar-refractivity contribution < 1.29 is 9.53 Å². The normalized spacial score (nSPS) is 25.1. The van der Waals surface area contributed by atoms with Crippen molar-refractivity contribution in [2.75, 3.05) is 7.11 Å². The smallest absolute Gasteiger partial charge is 0.207 e. The van der Waals surface area contributed by atoms with Crippen LogP contribution in [0.15, 0.2) is 36.1 Å². The van der Waals surface area contributed by atoms with Crippen LogP contribution in [0.25, 0.3) is 0 Å². The molecule has 0 radical (unpaired) electrons. The molecule has 1 N–H and O–H groups in total. The van der Waals surface area contributed by atoms with E-state index in [2.05, 4.69) is 11.9 Å². The molecule has 0 fully saturated rings. The summed E-state index contributed by atoms with van der Waals surface area (Å²) in [4.78, 5) is 10.4. The standard InChI is InChI=1S/C11H15NO2/c1-8(2)10-5-4-9(14-3)6-11(10)12-7-13/h4-7,10-11H,1H2,2-3H3,(H,12,13). The van der Waals surface area contributed by atoms with Crippen LogP contribution in [-0.4, -0.2) is 19.6 Å². The number of ether oxygens (including phenoxy) is 1. The van der Waals surface area contributed by atoms with Crippen molar-refractivity contribution in [3.05, 3.63) is 36.1 Å². The molecule has 0 aromatic heterocycles. The molecule has 2 atom stereocenters. The van der Waals surface area contributed by atoms with E-state index in [9.17, 15) is 4.79 Å². The third kappa shape index (κ3) is 2.25. The van der Waals surface area contributed by atoms with Crippen molar-refractivity contribution in [1.82, 2.24) is 5.32 Å². The van der Waals surface area contributed by atoms with Crippen LogP contribution in [0.2, 0.25) is 0 Å². The van der Waals surface area contributed by atoms with Crippen molar-refractivity contribution >= 4 is 6.41 Å². The molecular weight excluding hydrogens is 178 g/mol. The summed E-state index contributed by atoms with van der Waals surface area (Å²) < 4.78 is 5.08. The second-order valence-corrected chi connectivity index (χ2v) is 3.31. The molecule has 1 aliphatic carbocycles. The van der Waals surface area contributed by atoms with E-state index in [0.717, 1.165) is 11.3 Å². The number of hydrogen-bond acceptors (Lipinski definition) is 2. The van der Waals surface area contributed by atoms with Gasteiger partial charge in [0, 0.05) is 5.92 Å². The molecule has 0 spiro atoms. The van der Waals surface area contributed by atoms with Crippen LogP contribution >= 0.6 is 0 Å². The predicted octanol–water partition coefficient (Wildman–Crippen LogP) is 1.39. The molecule has 14 heavy (non-hydrogen) atoms. The largest absolute Gasteiger partial charge is 0.497 e. The van der Waals surface area contributed by atoms with Gasteiger partial charge in [-0.05, 0) is 19.1 Å². The van der Waals surface area contributed by atoms with Gasteiger partial charge in [-0.2, -0.15) is 0 Å². The van der Waals surface area contributed by atoms with Gasteiger partial charge < -0.3 is 10.1 Å². The van der Waals surface area contributed by atoms with Gasteiger partial charge in [-0.3, -0.25) is 4.79 Å². The quantitative estimate of drug-likeness (QED) is 0.541. The second kappa shape index (κ2) is 4.65. The highest BCUT2D eigenvalue weighted by atomic mass is 16.5. The molecule has 76 valence electrons. The Labute approximate surface area is 84.1 Å². The van der Waals surface area contributed by atoms with E-state index in [1.54, 1.807) is 7.11 Å². The molecule has 0 heterocycles. The van der Waals surface area contributed by atoms with E-state index < -0.39 is 0 Å². The highest BCUT2D eigenvalue weighted by Gasteiger charge is 2.21. The molecule has 3 nitrogen and oxygen atoms in total. The first kappa shape index (κ1) is 10.6. The summed E-state index contributed by atoms with van der Waals surface area (Å²) in [5.41, 5.74) is 1.02. The van der Waals surface area contributed by atoms with Crippen LogP contribution in [0.3, 0.4) is 0 Å². The number of hydrogen-bond donors (Lipinski definition) is 1. The molecule has 2 unspecified atom stereocenters. The van der Waals surface area contributed by atoms with Crippen molar-refractivity contribution in [3.63, 3.8) is 0 Å². The zero-order chi connectivity index (χ0) is 10.6. The Balaban J connectivity index is 2.82. The Kier molecular flexibility index (Phi) is 3.51. The molecular formula is C11H15NO2. The van der Waals surface area contributed by atoms with Crippen LogP contribution in [0.4, 0.5) is 0 Å². The van der Waals surface area contributed by atoms with Crippen molar-refractivity contribution in [1.29, 1.82) is 0 Å². The lowest BCUT2D eigenvalue weighted by Crippen LogP contribution is -2.35. The van der Waals surface area contributed by atoms with Gasteiger partial charge in [0.1, 0.15) is 5.76 Å². The summed E-state index contributed by atoms with van der Waals surface area (Å²) in [7, 11) is 1.61. The average Bonchev–Trinajstić information content (AvgIpc) is 2.17. The Morgan fingerprint density at radius 1 is 1.71 bits per heavy atom. The van der Waals surface area contributed by atoms with Crippen LogP contribution in [0.5, 0.6) is 0 Å². The second-order valence-electron chi connectivity index (χ2n) is 3.31. The Morgan fingerprint density at radius 3 is 2.93 bits per heavy atom. The first-order valence-corrected chi connectivity index (χ1v) is 4.48. The molecule has 0 saturated heterocycles. The van der Waals surface area contributed by atoms with Crippen molar-refractivity contribution in [2.24, 2.45) is 5.92 Å². The fraction of sp³-hybridized carbons (Fsp3) is 0.364. The van der Waals surface area contributed by atoms with Crippen LogP contribution < -0.4 is 5.32 Å². The molecule has 1 amide bonds. The maximum Gasteiger partial charge on any atom is 0.207 e. The van der Waals surface area contributed by atoms with E-state index in [1.165, 1.54) is 0 Å². The van der Waals surface area contributed by atoms with Gasteiger partial charge in [0.05, 0.1) is 13.2 Å². The first-order chi connectivity index (χ1) is 6.69. The third-order valence-electron chi connectivity index (χ3n) is 2.26. The summed E-state index contributed by atoms with van der Waals surface area (Å²) in [6, 6.07) is -0.0510. The zero-order valence-corrected chi connectivity index (χ0v) is 8.49. The van der Waals surface area contributed by atoms with Gasteiger partial charge in [-0.15, -0.1) is 0 Å². The van der Waals surface area contributed by atoms with Gasteiger partial charge in [0.2, 0.25) is 6.41 Å². The highest BCUT2D eigenvalue weighted by Crippen LogP contribution is 2.22. The summed E-state index contributed by atoms with van der Waals surface area (Å²) >= 11 is 0. The molecule has 0 aromatic carbocycles. The number of carbonyl (C=O) groups is 1. The summed E-state index contributed by atoms with van der Waals surface area (Å²) in [5.74, 6) is 0.918. The van der Waals surface area contributed by atoms with Gasteiger partial charge in [0.25, 0.3) is 0 Å². The lowest BCUT2D eigenvalue weighted by molar-refractivity contribution is -0.110. The SMILES string of the molecule is C=C(C)C1C=CC(OC)=CC1NC=O. The molecule has 0 aliphatic heterocycles. The molecule has 0 bridgehead atoms. The van der Waals surface area contributed by atoms with E-state index in [4.69, 9.17) is 4.74 Å². The number of rotatable bonds is 4. The minimum absolute atomic E-state index is 0.0510. The minimum Gasteiger partial charge on any atom is -0.497 e. The van der Waals surface area contributed by atoms with Gasteiger partial charge in [-0.25, -0.2) is 0 Å². The van der Waals surface area contributed by atoms with Crippen LogP contribution in [0.1, 0.15) is 6.92 Å². The lowest BCUT2D eigenvalue weighted by Gasteiger charge is -2.25. The van der Waals surface area contributed by atoms with Gasteiger partial charge in [0.15, 0.2) is 0 Å². The summed E-state index contributed by atoms with van der Waals surface area (Å²) in [6.45, 7) is 5.83. The maximum absolute atomic E-state index is 10.4. The monoisotopic (exact) mass is 193 g/mol. The van der Waals surface area contributed by atoms with Crippen molar-refractivity contribution in [3.8, 4) is 0 Å². The molecule has 0 aromatic rings. The van der Waals surface area contributed by atoms with Crippen LogP contribution in [0, 0.1) is 5.92 Å². The van der Waals surface area contributed by atoms with Crippen LogP contribution in [-0.2, 0) is 9.53 Å². The van der Waals surface area contributed by atoms with Crippen molar-refractivity contribution in [2.45, 2.75) is 13.0 Å². The Bertz CT molecular complexity index is 292. The van der Waals surface area contributed by atoms with E-state index in [0.29, 0.717) is 6.41 Å². The zero-order valence-electron chi connectivity index (χ0n) is 8.49. The molecule has 3 heteroatoms. The van der Waals surface area contributed by atoms with E-state index in [1.807, 2.05) is 25.2 Å². The number of nitrogens with one attached hydrogen (secondary N) is 1. The number of methoxy groups -OCH3 is 1. The molecule has 1 rings (SSSR count). The highest BCUT2D eigenvalue weighted by molar-refractivity contribution is 5.49. The summed E-state index contributed by atoms with van der Waals surface area (Å²) in [5, 5.41) is 2.73. The number of amides is 1. The number of allylic oxidation sites excluding steroid dienone is 1. The average molecular weight is 193 g/mol. The van der Waals surface area contributed by atoms with Gasteiger partial charge in [-0.1, -0.05) is 18.2 Å². The fourth-order valence-corrected chi connectivity index (χ4v) is 1.49. The fourth-order valence-electron chi connectivity index (χ4n) is 1.49. The molecule has 0 saturated carbocycles. The van der Waals surface area contributed by atoms with Gasteiger partial charge >= 0.3 is 0 Å². The minimum atomic E-state index is -0.0510. The Hall–Kier alpha value is -1.51.